The van der Waals surface area contributed by atoms with Gasteiger partial charge in [0.1, 0.15) is 12.4 Å². The number of fused-ring (bicyclic) bond motifs is 1. The molecule has 2 aliphatic rings. The van der Waals surface area contributed by atoms with Crippen molar-refractivity contribution in [1.29, 1.82) is 0 Å². The van der Waals surface area contributed by atoms with Crippen LogP contribution in [0, 0.1) is 5.92 Å². The van der Waals surface area contributed by atoms with E-state index in [4.69, 9.17) is 9.47 Å². The van der Waals surface area contributed by atoms with Gasteiger partial charge in [-0.2, -0.15) is 0 Å². The summed E-state index contributed by atoms with van der Waals surface area (Å²) in [5.74, 6) is 1.11. The Morgan fingerprint density at radius 1 is 1.48 bits per heavy atom. The van der Waals surface area contributed by atoms with Crippen LogP contribution in [0.2, 0.25) is 0 Å². The van der Waals surface area contributed by atoms with E-state index in [0.29, 0.717) is 30.6 Å². The Morgan fingerprint density at radius 3 is 3.04 bits per heavy atom. The number of amides is 2. The summed E-state index contributed by atoms with van der Waals surface area (Å²) in [6.45, 7) is 5.20. The predicted octanol–water partition coefficient (Wildman–Crippen LogP) is 3.41. The van der Waals surface area contributed by atoms with Gasteiger partial charge in [-0.15, -0.1) is 11.3 Å². The van der Waals surface area contributed by atoms with Gasteiger partial charge in [0.05, 0.1) is 29.0 Å². The lowest BCUT2D eigenvalue weighted by Gasteiger charge is -2.31. The Hall–Kier alpha value is -2.12. The average Bonchev–Trinajstić information content (AvgIpc) is 2.94. The maximum atomic E-state index is 12.4. The molecule has 0 radical (unpaired) electrons. The van der Waals surface area contributed by atoms with E-state index < -0.39 is 0 Å². The van der Waals surface area contributed by atoms with Crippen LogP contribution in [-0.4, -0.2) is 28.8 Å². The van der Waals surface area contributed by atoms with Crippen LogP contribution in [0.4, 0.5) is 10.5 Å². The normalized spacial score (nSPS) is 25.9. The van der Waals surface area contributed by atoms with Crippen LogP contribution in [-0.2, 0) is 11.3 Å². The standard InChI is InChI=1S/C18H21N3O3S/c1-17(2)18(7-12(18)8-24-17)21-16(22)20-13-4-3-5-15(6-13)23-9-14-10-25-11-19-14/h3-6,10-12H,7-9H2,1-2H3,(H2,20,21,22). The van der Waals surface area contributed by atoms with Gasteiger partial charge < -0.3 is 20.1 Å². The second-order valence-corrected chi connectivity index (χ2v) is 7.79. The van der Waals surface area contributed by atoms with Crippen molar-refractivity contribution in [2.75, 3.05) is 11.9 Å². The molecule has 2 fully saturated rings. The van der Waals surface area contributed by atoms with Gasteiger partial charge in [-0.1, -0.05) is 6.07 Å². The lowest BCUT2D eigenvalue weighted by Crippen LogP contribution is -2.52. The van der Waals surface area contributed by atoms with Gasteiger partial charge in [0.2, 0.25) is 0 Å². The van der Waals surface area contributed by atoms with Gasteiger partial charge in [0.15, 0.2) is 0 Å². The van der Waals surface area contributed by atoms with Crippen molar-refractivity contribution in [3.63, 3.8) is 0 Å². The predicted molar refractivity (Wildman–Crippen MR) is 95.9 cm³/mol. The van der Waals surface area contributed by atoms with E-state index in [-0.39, 0.29) is 17.2 Å². The first kappa shape index (κ1) is 16.4. The molecule has 1 saturated carbocycles. The van der Waals surface area contributed by atoms with Crippen LogP contribution in [0.15, 0.2) is 35.2 Å². The molecule has 2 atom stereocenters. The molecular formula is C18H21N3O3S. The molecule has 7 heteroatoms. The quantitative estimate of drug-likeness (QED) is 0.858. The minimum Gasteiger partial charge on any atom is -0.487 e. The number of thiazole rings is 1. The van der Waals surface area contributed by atoms with Crippen LogP contribution >= 0.6 is 11.3 Å². The summed E-state index contributed by atoms with van der Waals surface area (Å²) in [4.78, 5) is 16.6. The lowest BCUT2D eigenvalue weighted by molar-refractivity contribution is -0.00667. The first-order valence-corrected chi connectivity index (χ1v) is 9.26. The molecule has 1 aromatic carbocycles. The van der Waals surface area contributed by atoms with Crippen molar-refractivity contribution in [2.24, 2.45) is 5.92 Å². The number of hydrogen-bond donors (Lipinski definition) is 2. The van der Waals surface area contributed by atoms with Gasteiger partial charge in [-0.25, -0.2) is 9.78 Å². The second kappa shape index (κ2) is 6.00. The highest BCUT2D eigenvalue weighted by Crippen LogP contribution is 2.57. The molecule has 25 heavy (non-hydrogen) atoms. The average molecular weight is 359 g/mol. The third-order valence-corrected chi connectivity index (χ3v) is 5.76. The fourth-order valence-electron chi connectivity index (χ4n) is 3.50. The molecule has 6 nitrogen and oxygen atoms in total. The van der Waals surface area contributed by atoms with Gasteiger partial charge >= 0.3 is 6.03 Å². The van der Waals surface area contributed by atoms with Crippen LogP contribution in [0.25, 0.3) is 0 Å². The Kier molecular flexibility index (Phi) is 3.92. The number of urea groups is 1. The number of aromatic nitrogens is 1. The molecule has 2 amide bonds. The van der Waals surface area contributed by atoms with Crippen molar-refractivity contribution in [3.8, 4) is 5.75 Å². The van der Waals surface area contributed by atoms with Crippen molar-refractivity contribution in [3.05, 3.63) is 40.8 Å². The zero-order chi connectivity index (χ0) is 17.5. The van der Waals surface area contributed by atoms with Crippen molar-refractivity contribution >= 4 is 23.1 Å². The van der Waals surface area contributed by atoms with Gasteiger partial charge in [-0.05, 0) is 32.4 Å². The third-order valence-electron chi connectivity index (χ3n) is 5.12. The van der Waals surface area contributed by atoms with Gasteiger partial charge in [0.25, 0.3) is 0 Å². The number of carbonyl (C=O) groups is 1. The molecule has 2 N–H and O–H groups in total. The highest BCUT2D eigenvalue weighted by Gasteiger charge is 2.69. The Morgan fingerprint density at radius 2 is 2.36 bits per heavy atom. The molecule has 2 aromatic rings. The number of ether oxygens (including phenoxy) is 2. The van der Waals surface area contributed by atoms with Crippen LogP contribution in [0.3, 0.4) is 0 Å². The smallest absolute Gasteiger partial charge is 0.319 e. The topological polar surface area (TPSA) is 72.5 Å². The summed E-state index contributed by atoms with van der Waals surface area (Å²) >= 11 is 1.54. The van der Waals surface area contributed by atoms with Crippen LogP contribution in [0.1, 0.15) is 26.0 Å². The van der Waals surface area contributed by atoms with Gasteiger partial charge in [-0.3, -0.25) is 0 Å². The van der Waals surface area contributed by atoms with Gasteiger partial charge in [0, 0.05) is 23.1 Å². The van der Waals surface area contributed by atoms with E-state index in [1.165, 1.54) is 11.3 Å². The molecule has 0 spiro atoms. The molecule has 1 aliphatic carbocycles. The molecule has 1 saturated heterocycles. The Balaban J connectivity index is 1.36. The SMILES string of the molecule is CC1(C)OCC2CC21NC(=O)Nc1cccc(OCc2cscn2)c1. The summed E-state index contributed by atoms with van der Waals surface area (Å²) < 4.78 is 11.5. The summed E-state index contributed by atoms with van der Waals surface area (Å²) in [7, 11) is 0. The molecule has 1 aliphatic heterocycles. The molecular weight excluding hydrogens is 338 g/mol. The van der Waals surface area contributed by atoms with Crippen molar-refractivity contribution in [2.45, 2.75) is 38.0 Å². The number of benzene rings is 1. The fourth-order valence-corrected chi connectivity index (χ4v) is 4.05. The van der Waals surface area contributed by atoms with Crippen LogP contribution < -0.4 is 15.4 Å². The number of rotatable bonds is 5. The molecule has 2 heterocycles. The highest BCUT2D eigenvalue weighted by atomic mass is 32.1. The zero-order valence-electron chi connectivity index (χ0n) is 14.2. The van der Waals surface area contributed by atoms with E-state index in [9.17, 15) is 4.79 Å². The van der Waals surface area contributed by atoms with E-state index in [0.717, 1.165) is 12.1 Å². The molecule has 4 rings (SSSR count). The summed E-state index contributed by atoms with van der Waals surface area (Å²) in [6.07, 6.45) is 0.976. The van der Waals surface area contributed by atoms with E-state index in [1.54, 1.807) is 5.51 Å². The van der Waals surface area contributed by atoms with Crippen molar-refractivity contribution in [1.82, 2.24) is 10.3 Å². The summed E-state index contributed by atoms with van der Waals surface area (Å²) in [5.41, 5.74) is 2.80. The number of hydrogen-bond acceptors (Lipinski definition) is 5. The number of nitrogens with zero attached hydrogens (tertiary/aromatic N) is 1. The van der Waals surface area contributed by atoms with E-state index in [1.807, 2.05) is 43.5 Å². The maximum Gasteiger partial charge on any atom is 0.319 e. The first-order valence-electron chi connectivity index (χ1n) is 8.32. The lowest BCUT2D eigenvalue weighted by atomic mass is 9.96. The number of anilines is 1. The molecule has 0 bridgehead atoms. The Bertz CT molecular complexity index is 778. The first-order chi connectivity index (χ1) is 12.0. The molecule has 1 aromatic heterocycles. The Labute approximate surface area is 150 Å². The summed E-state index contributed by atoms with van der Waals surface area (Å²) in [6, 6.07) is 7.15. The largest absolute Gasteiger partial charge is 0.487 e. The fraction of sp³-hybridized carbons (Fsp3) is 0.444. The monoisotopic (exact) mass is 359 g/mol. The number of nitrogens with one attached hydrogen (secondary N) is 2. The van der Waals surface area contributed by atoms with Crippen molar-refractivity contribution < 1.29 is 14.3 Å². The zero-order valence-corrected chi connectivity index (χ0v) is 15.1. The van der Waals surface area contributed by atoms with Crippen LogP contribution in [0.5, 0.6) is 5.75 Å². The minimum absolute atomic E-state index is 0.210. The second-order valence-electron chi connectivity index (χ2n) is 7.07. The molecule has 132 valence electrons. The molecule has 2 unspecified atom stereocenters. The summed E-state index contributed by atoms with van der Waals surface area (Å²) in [5, 5.41) is 7.96. The maximum absolute atomic E-state index is 12.4. The van der Waals surface area contributed by atoms with E-state index >= 15 is 0 Å². The minimum atomic E-state index is -0.326. The van der Waals surface area contributed by atoms with E-state index in [2.05, 4.69) is 15.6 Å². The number of carbonyl (C=O) groups excluding carboxylic acids is 1. The third kappa shape index (κ3) is 3.09. The highest BCUT2D eigenvalue weighted by molar-refractivity contribution is 7.07.